The lowest BCUT2D eigenvalue weighted by molar-refractivity contribution is 0.452. The Morgan fingerprint density at radius 3 is 2.72 bits per heavy atom. The first-order chi connectivity index (χ1) is 15.5. The number of nitrogens with zero attached hydrogens (tertiary/aromatic N) is 2. The number of hydrazone groups is 1. The van der Waals surface area contributed by atoms with Crippen LogP contribution in [0.1, 0.15) is 59.9 Å². The van der Waals surface area contributed by atoms with E-state index < -0.39 is 0 Å². The topological polar surface area (TPSA) is 27.6 Å². The van der Waals surface area contributed by atoms with Gasteiger partial charge in [0.2, 0.25) is 0 Å². The van der Waals surface area contributed by atoms with Crippen molar-refractivity contribution < 1.29 is 0 Å². The molecule has 1 heterocycles. The first-order valence-electron chi connectivity index (χ1n) is 11.8. The zero-order valence-electron chi connectivity index (χ0n) is 19.7. The summed E-state index contributed by atoms with van der Waals surface area (Å²) in [7, 11) is 1.94. The van der Waals surface area contributed by atoms with Crippen LogP contribution in [0, 0.1) is 6.92 Å². The van der Waals surface area contributed by atoms with Gasteiger partial charge in [-0.3, -0.25) is 5.01 Å². The average molecular weight is 426 g/mol. The van der Waals surface area contributed by atoms with Crippen molar-refractivity contribution in [3.8, 4) is 0 Å². The number of benzene rings is 2. The molecule has 0 saturated heterocycles. The summed E-state index contributed by atoms with van der Waals surface area (Å²) in [4.78, 5) is 0. The molecule has 4 rings (SSSR count). The molecule has 166 valence electrons. The SMILES string of the molecule is C=C(NCc1ccc(C)c(CCC)c1)C1=C(Cc2cccc(C3CC3)c2)C=NN(C)C1=C. The highest BCUT2D eigenvalue weighted by molar-refractivity contribution is 5.84. The average Bonchev–Trinajstić information content (AvgIpc) is 3.63. The maximum Gasteiger partial charge on any atom is 0.0615 e. The Bertz CT molecular complexity index is 1090. The van der Waals surface area contributed by atoms with E-state index in [1.807, 2.05) is 18.3 Å². The van der Waals surface area contributed by atoms with Gasteiger partial charge in [0.15, 0.2) is 0 Å². The normalized spacial score (nSPS) is 16.0. The second-order valence-electron chi connectivity index (χ2n) is 9.15. The predicted octanol–water partition coefficient (Wildman–Crippen LogP) is 6.41. The molecule has 3 heteroatoms. The molecule has 0 radical (unpaired) electrons. The molecule has 2 aliphatic rings. The molecule has 0 spiro atoms. The van der Waals surface area contributed by atoms with Crippen LogP contribution < -0.4 is 5.32 Å². The smallest absolute Gasteiger partial charge is 0.0615 e. The van der Waals surface area contributed by atoms with Crippen LogP contribution in [0.15, 0.2) is 83.3 Å². The van der Waals surface area contributed by atoms with Gasteiger partial charge in [-0.2, -0.15) is 5.10 Å². The second-order valence-corrected chi connectivity index (χ2v) is 9.15. The fraction of sp³-hybridized carbons (Fsp3) is 0.345. The summed E-state index contributed by atoms with van der Waals surface area (Å²) in [5, 5.41) is 9.93. The van der Waals surface area contributed by atoms with Gasteiger partial charge in [0.25, 0.3) is 0 Å². The maximum atomic E-state index is 4.53. The predicted molar refractivity (Wildman–Crippen MR) is 136 cm³/mol. The molecule has 1 N–H and O–H groups in total. The van der Waals surface area contributed by atoms with Crippen molar-refractivity contribution in [2.24, 2.45) is 5.10 Å². The van der Waals surface area contributed by atoms with Crippen LogP contribution in [0.25, 0.3) is 0 Å². The van der Waals surface area contributed by atoms with Crippen molar-refractivity contribution in [1.29, 1.82) is 0 Å². The molecule has 3 nitrogen and oxygen atoms in total. The van der Waals surface area contributed by atoms with E-state index in [0.29, 0.717) is 0 Å². The Labute approximate surface area is 193 Å². The summed E-state index contributed by atoms with van der Waals surface area (Å²) in [5.41, 5.74) is 10.9. The van der Waals surface area contributed by atoms with Gasteiger partial charge in [-0.05, 0) is 71.9 Å². The highest BCUT2D eigenvalue weighted by Gasteiger charge is 2.24. The highest BCUT2D eigenvalue weighted by Crippen LogP contribution is 2.40. The number of hydrogen-bond acceptors (Lipinski definition) is 3. The van der Waals surface area contributed by atoms with Crippen LogP contribution in [0.4, 0.5) is 0 Å². The maximum absolute atomic E-state index is 4.53. The lowest BCUT2D eigenvalue weighted by Crippen LogP contribution is -2.24. The quantitative estimate of drug-likeness (QED) is 0.502. The Morgan fingerprint density at radius 1 is 1.16 bits per heavy atom. The Kier molecular flexibility index (Phi) is 6.64. The van der Waals surface area contributed by atoms with Gasteiger partial charge in [-0.1, -0.05) is 69.0 Å². The van der Waals surface area contributed by atoms with Crippen molar-refractivity contribution in [2.45, 2.75) is 58.4 Å². The van der Waals surface area contributed by atoms with Gasteiger partial charge in [0.1, 0.15) is 0 Å². The van der Waals surface area contributed by atoms with E-state index in [9.17, 15) is 0 Å². The van der Waals surface area contributed by atoms with Crippen LogP contribution in [-0.2, 0) is 19.4 Å². The van der Waals surface area contributed by atoms with E-state index in [-0.39, 0.29) is 0 Å². The molecule has 2 aromatic rings. The standard InChI is InChI=1S/C29H35N3/c1-6-8-26-17-24(12-11-20(26)2)18-30-21(3)29-22(4)32(5)31-19-28(29)16-23-9-7-10-27(15-23)25-13-14-25/h7,9-12,15,17,19,25,30H,3-4,6,8,13-14,16,18H2,1-2,5H3. The number of rotatable bonds is 9. The van der Waals surface area contributed by atoms with Crippen LogP contribution in [-0.4, -0.2) is 18.3 Å². The fourth-order valence-electron chi connectivity index (χ4n) is 4.40. The third kappa shape index (κ3) is 5.04. The molecular weight excluding hydrogens is 390 g/mol. The Hall–Kier alpha value is -3.07. The lowest BCUT2D eigenvalue weighted by atomic mass is 9.94. The molecule has 0 bridgehead atoms. The molecule has 1 aliphatic heterocycles. The Morgan fingerprint density at radius 2 is 1.97 bits per heavy atom. The third-order valence-electron chi connectivity index (χ3n) is 6.52. The minimum Gasteiger partial charge on any atom is -0.381 e. The minimum atomic E-state index is 0.748. The van der Waals surface area contributed by atoms with Gasteiger partial charge in [0, 0.05) is 24.9 Å². The van der Waals surface area contributed by atoms with Crippen molar-refractivity contribution in [3.05, 3.63) is 106 Å². The summed E-state index contributed by atoms with van der Waals surface area (Å²) < 4.78 is 0. The van der Waals surface area contributed by atoms with E-state index in [1.165, 1.54) is 40.7 Å². The first kappa shape index (κ1) is 22.1. The zero-order chi connectivity index (χ0) is 22.7. The van der Waals surface area contributed by atoms with Crippen molar-refractivity contribution in [1.82, 2.24) is 10.3 Å². The number of nitrogens with one attached hydrogen (secondary N) is 1. The summed E-state index contributed by atoms with van der Waals surface area (Å²) in [6.45, 7) is 13.9. The van der Waals surface area contributed by atoms with Crippen LogP contribution in [0.2, 0.25) is 0 Å². The molecule has 1 aliphatic carbocycles. The fourth-order valence-corrected chi connectivity index (χ4v) is 4.40. The molecule has 0 unspecified atom stereocenters. The van der Waals surface area contributed by atoms with Gasteiger partial charge in [-0.25, -0.2) is 0 Å². The molecule has 0 atom stereocenters. The van der Waals surface area contributed by atoms with Gasteiger partial charge >= 0.3 is 0 Å². The van der Waals surface area contributed by atoms with E-state index in [2.05, 4.69) is 79.9 Å². The molecule has 0 aromatic heterocycles. The highest BCUT2D eigenvalue weighted by atomic mass is 15.4. The number of aryl methyl sites for hydroxylation is 2. The van der Waals surface area contributed by atoms with Crippen LogP contribution >= 0.6 is 0 Å². The molecule has 1 saturated carbocycles. The van der Waals surface area contributed by atoms with Gasteiger partial charge < -0.3 is 5.32 Å². The van der Waals surface area contributed by atoms with E-state index in [0.717, 1.165) is 54.3 Å². The van der Waals surface area contributed by atoms with E-state index in [4.69, 9.17) is 0 Å². The van der Waals surface area contributed by atoms with Crippen molar-refractivity contribution in [2.75, 3.05) is 7.05 Å². The number of hydrogen-bond donors (Lipinski definition) is 1. The van der Waals surface area contributed by atoms with Gasteiger partial charge in [-0.15, -0.1) is 0 Å². The zero-order valence-corrected chi connectivity index (χ0v) is 19.7. The van der Waals surface area contributed by atoms with Crippen molar-refractivity contribution in [3.63, 3.8) is 0 Å². The number of allylic oxidation sites excluding steroid dienone is 1. The molecule has 32 heavy (non-hydrogen) atoms. The summed E-state index contributed by atoms with van der Waals surface area (Å²) in [5.74, 6) is 0.758. The largest absolute Gasteiger partial charge is 0.381 e. The van der Waals surface area contributed by atoms with Crippen molar-refractivity contribution >= 4 is 6.21 Å². The van der Waals surface area contributed by atoms with E-state index in [1.54, 1.807) is 0 Å². The third-order valence-corrected chi connectivity index (χ3v) is 6.52. The molecule has 0 amide bonds. The monoisotopic (exact) mass is 425 g/mol. The summed E-state index contributed by atoms with van der Waals surface area (Å²) in [6.07, 6.45) is 7.71. The van der Waals surface area contributed by atoms with Crippen LogP contribution in [0.3, 0.4) is 0 Å². The summed E-state index contributed by atoms with van der Waals surface area (Å²) in [6, 6.07) is 15.8. The van der Waals surface area contributed by atoms with E-state index >= 15 is 0 Å². The number of likely N-dealkylation sites (N-methyl/N-ethyl adjacent to an activating group) is 1. The minimum absolute atomic E-state index is 0.748. The van der Waals surface area contributed by atoms with Gasteiger partial charge in [0.05, 0.1) is 11.9 Å². The Balaban J connectivity index is 1.53. The van der Waals surface area contributed by atoms with Crippen LogP contribution in [0.5, 0.6) is 0 Å². The summed E-state index contributed by atoms with van der Waals surface area (Å²) >= 11 is 0. The molecule has 2 aromatic carbocycles. The lowest BCUT2D eigenvalue weighted by Gasteiger charge is -2.27. The first-order valence-corrected chi connectivity index (χ1v) is 11.8. The second kappa shape index (κ2) is 9.60. The molecule has 1 fully saturated rings. The molecular formula is C29H35N3.